The molecule has 1 aliphatic heterocycles. The van der Waals surface area contributed by atoms with Gasteiger partial charge < -0.3 is 15.4 Å². The summed E-state index contributed by atoms with van der Waals surface area (Å²) in [7, 11) is 1.70. The van der Waals surface area contributed by atoms with E-state index in [2.05, 4.69) is 17.6 Å². The Morgan fingerprint density at radius 3 is 2.88 bits per heavy atom. The Hall–Kier alpha value is -0.610. The fourth-order valence-corrected chi connectivity index (χ4v) is 1.95. The predicted molar refractivity (Wildman–Crippen MR) is 64.3 cm³/mol. The number of amides is 1. The van der Waals surface area contributed by atoms with Crippen LogP contribution < -0.4 is 10.6 Å². The minimum Gasteiger partial charge on any atom is -0.385 e. The van der Waals surface area contributed by atoms with Crippen molar-refractivity contribution in [3.05, 3.63) is 0 Å². The molecule has 4 nitrogen and oxygen atoms in total. The Kier molecular flexibility index (Phi) is 6.42. The summed E-state index contributed by atoms with van der Waals surface area (Å²) < 4.78 is 4.95. The van der Waals surface area contributed by atoms with Crippen LogP contribution in [0.4, 0.5) is 0 Å². The van der Waals surface area contributed by atoms with E-state index in [1.54, 1.807) is 7.11 Å². The van der Waals surface area contributed by atoms with E-state index in [0.29, 0.717) is 6.04 Å². The predicted octanol–water partition coefficient (Wildman–Crippen LogP) is 0.917. The minimum atomic E-state index is 0.165. The first-order valence-corrected chi connectivity index (χ1v) is 6.24. The molecule has 94 valence electrons. The second kappa shape index (κ2) is 7.63. The van der Waals surface area contributed by atoms with Crippen molar-refractivity contribution in [2.45, 2.75) is 38.6 Å². The van der Waals surface area contributed by atoms with E-state index in [1.165, 1.54) is 0 Å². The Balaban J connectivity index is 2.06. The van der Waals surface area contributed by atoms with Crippen LogP contribution in [0.25, 0.3) is 0 Å². The smallest absolute Gasteiger partial charge is 0.224 e. The number of ether oxygens (including phenoxy) is 1. The molecule has 1 fully saturated rings. The molecule has 2 atom stereocenters. The van der Waals surface area contributed by atoms with Gasteiger partial charge in [-0.2, -0.15) is 0 Å². The van der Waals surface area contributed by atoms with Gasteiger partial charge in [-0.1, -0.05) is 0 Å². The molecule has 0 aromatic heterocycles. The van der Waals surface area contributed by atoms with Crippen LogP contribution in [-0.4, -0.2) is 38.8 Å². The van der Waals surface area contributed by atoms with Gasteiger partial charge in [0, 0.05) is 32.8 Å². The normalized spacial score (nSPS) is 25.4. The monoisotopic (exact) mass is 228 g/mol. The van der Waals surface area contributed by atoms with Crippen LogP contribution >= 0.6 is 0 Å². The first kappa shape index (κ1) is 13.5. The van der Waals surface area contributed by atoms with Crippen LogP contribution in [0.5, 0.6) is 0 Å². The number of hydrogen-bond donors (Lipinski definition) is 2. The third-order valence-corrected chi connectivity index (χ3v) is 3.11. The number of unbranched alkanes of at least 4 members (excludes halogenated alkanes) is 1. The average molecular weight is 228 g/mol. The molecule has 1 amide bonds. The number of hydrogen-bond acceptors (Lipinski definition) is 3. The highest BCUT2D eigenvalue weighted by molar-refractivity contribution is 5.78. The number of carbonyl (C=O) groups is 1. The lowest BCUT2D eigenvalue weighted by Crippen LogP contribution is -2.44. The summed E-state index contributed by atoms with van der Waals surface area (Å²) in [5.74, 6) is 0.371. The van der Waals surface area contributed by atoms with E-state index in [-0.39, 0.29) is 11.8 Å². The Labute approximate surface area is 98.1 Å². The van der Waals surface area contributed by atoms with Gasteiger partial charge in [-0.25, -0.2) is 0 Å². The van der Waals surface area contributed by atoms with Gasteiger partial charge in [0.15, 0.2) is 0 Å². The van der Waals surface area contributed by atoms with Crippen LogP contribution in [-0.2, 0) is 9.53 Å². The number of rotatable bonds is 6. The molecular formula is C12H24N2O2. The van der Waals surface area contributed by atoms with Crippen molar-refractivity contribution in [2.75, 3.05) is 26.8 Å². The van der Waals surface area contributed by atoms with Gasteiger partial charge >= 0.3 is 0 Å². The number of nitrogens with one attached hydrogen (secondary N) is 2. The molecule has 0 spiro atoms. The SMILES string of the molecule is COCCCCNC(=O)C1CCC(C)NC1. The maximum atomic E-state index is 11.8. The van der Waals surface area contributed by atoms with Crippen molar-refractivity contribution >= 4 is 5.91 Å². The molecule has 1 saturated heterocycles. The molecule has 0 bridgehead atoms. The zero-order valence-electron chi connectivity index (χ0n) is 10.4. The Bertz CT molecular complexity index is 201. The number of methoxy groups -OCH3 is 1. The molecule has 4 heteroatoms. The first-order valence-electron chi connectivity index (χ1n) is 6.24. The molecule has 1 heterocycles. The lowest BCUT2D eigenvalue weighted by Gasteiger charge is -2.26. The van der Waals surface area contributed by atoms with Crippen molar-refractivity contribution in [3.8, 4) is 0 Å². The zero-order chi connectivity index (χ0) is 11.8. The third-order valence-electron chi connectivity index (χ3n) is 3.11. The van der Waals surface area contributed by atoms with Crippen LogP contribution in [0.1, 0.15) is 32.6 Å². The van der Waals surface area contributed by atoms with Crippen molar-refractivity contribution in [1.29, 1.82) is 0 Å². The van der Waals surface area contributed by atoms with Gasteiger partial charge in [0.05, 0.1) is 5.92 Å². The van der Waals surface area contributed by atoms with E-state index in [1.807, 2.05) is 0 Å². The van der Waals surface area contributed by atoms with Gasteiger partial charge in [0.2, 0.25) is 5.91 Å². The molecule has 2 unspecified atom stereocenters. The topological polar surface area (TPSA) is 50.4 Å². The van der Waals surface area contributed by atoms with Gasteiger partial charge in [-0.05, 0) is 32.6 Å². The van der Waals surface area contributed by atoms with Gasteiger partial charge in [-0.15, -0.1) is 0 Å². The van der Waals surface area contributed by atoms with Gasteiger partial charge in [-0.3, -0.25) is 4.79 Å². The van der Waals surface area contributed by atoms with E-state index in [0.717, 1.165) is 45.4 Å². The maximum Gasteiger partial charge on any atom is 0.224 e. The zero-order valence-corrected chi connectivity index (χ0v) is 10.4. The standard InChI is InChI=1S/C12H24N2O2/c1-10-5-6-11(9-14-10)12(15)13-7-3-4-8-16-2/h10-11,14H,3-9H2,1-2H3,(H,13,15). The maximum absolute atomic E-state index is 11.8. The van der Waals surface area contributed by atoms with E-state index in [4.69, 9.17) is 4.74 Å². The summed E-state index contributed by atoms with van der Waals surface area (Å²) in [6.07, 6.45) is 4.12. The molecule has 0 radical (unpaired) electrons. The molecule has 16 heavy (non-hydrogen) atoms. The fraction of sp³-hybridized carbons (Fsp3) is 0.917. The van der Waals surface area contributed by atoms with E-state index < -0.39 is 0 Å². The van der Waals surface area contributed by atoms with Crippen molar-refractivity contribution in [3.63, 3.8) is 0 Å². The fourth-order valence-electron chi connectivity index (χ4n) is 1.95. The quantitative estimate of drug-likeness (QED) is 0.665. The first-order chi connectivity index (χ1) is 7.74. The summed E-state index contributed by atoms with van der Waals surface area (Å²) >= 11 is 0. The largest absolute Gasteiger partial charge is 0.385 e. The summed E-state index contributed by atoms with van der Waals surface area (Å²) in [6.45, 7) is 4.54. The number of carbonyl (C=O) groups excluding carboxylic acids is 1. The van der Waals surface area contributed by atoms with Crippen LogP contribution in [0.15, 0.2) is 0 Å². The van der Waals surface area contributed by atoms with Crippen LogP contribution in [0, 0.1) is 5.92 Å². The van der Waals surface area contributed by atoms with Crippen LogP contribution in [0.3, 0.4) is 0 Å². The molecule has 0 aromatic carbocycles. The molecular weight excluding hydrogens is 204 g/mol. The lowest BCUT2D eigenvalue weighted by atomic mass is 9.95. The highest BCUT2D eigenvalue weighted by atomic mass is 16.5. The third kappa shape index (κ3) is 4.94. The summed E-state index contributed by atoms with van der Waals surface area (Å²) in [6, 6.07) is 0.561. The Morgan fingerprint density at radius 2 is 2.25 bits per heavy atom. The summed E-state index contributed by atoms with van der Waals surface area (Å²) in [5.41, 5.74) is 0. The molecule has 1 rings (SSSR count). The highest BCUT2D eigenvalue weighted by Crippen LogP contribution is 2.13. The lowest BCUT2D eigenvalue weighted by molar-refractivity contribution is -0.125. The second-order valence-electron chi connectivity index (χ2n) is 4.57. The van der Waals surface area contributed by atoms with Crippen molar-refractivity contribution in [1.82, 2.24) is 10.6 Å². The number of piperidine rings is 1. The molecule has 0 saturated carbocycles. The van der Waals surface area contributed by atoms with E-state index >= 15 is 0 Å². The molecule has 2 N–H and O–H groups in total. The minimum absolute atomic E-state index is 0.165. The van der Waals surface area contributed by atoms with Crippen LogP contribution in [0.2, 0.25) is 0 Å². The summed E-state index contributed by atoms with van der Waals surface area (Å²) in [5, 5.41) is 6.33. The molecule has 1 aliphatic rings. The van der Waals surface area contributed by atoms with E-state index in [9.17, 15) is 4.79 Å². The van der Waals surface area contributed by atoms with Gasteiger partial charge in [0.25, 0.3) is 0 Å². The van der Waals surface area contributed by atoms with Crippen molar-refractivity contribution < 1.29 is 9.53 Å². The van der Waals surface area contributed by atoms with Crippen molar-refractivity contribution in [2.24, 2.45) is 5.92 Å². The average Bonchev–Trinajstić information content (AvgIpc) is 2.29. The van der Waals surface area contributed by atoms with Gasteiger partial charge in [0.1, 0.15) is 0 Å². The molecule has 0 aromatic rings. The highest BCUT2D eigenvalue weighted by Gasteiger charge is 2.23. The molecule has 0 aliphatic carbocycles. The second-order valence-corrected chi connectivity index (χ2v) is 4.57. The Morgan fingerprint density at radius 1 is 1.44 bits per heavy atom. The summed E-state index contributed by atoms with van der Waals surface area (Å²) in [4.78, 5) is 11.8.